The van der Waals surface area contributed by atoms with Gasteiger partial charge in [-0.2, -0.15) is 5.26 Å². The van der Waals surface area contributed by atoms with Crippen LogP contribution in [0.15, 0.2) is 63.0 Å². The zero-order chi connectivity index (χ0) is 24.1. The summed E-state index contributed by atoms with van der Waals surface area (Å²) in [5, 5.41) is 13.7. The molecule has 0 bridgehead atoms. The van der Waals surface area contributed by atoms with Gasteiger partial charge in [-0.25, -0.2) is 0 Å². The third kappa shape index (κ3) is 6.89. The van der Waals surface area contributed by atoms with Crippen LogP contribution in [0, 0.1) is 11.3 Å². The highest BCUT2D eigenvalue weighted by molar-refractivity contribution is 9.11. The molecule has 4 nitrogen and oxygen atoms in total. The first-order valence-electron chi connectivity index (χ1n) is 9.12. The predicted molar refractivity (Wildman–Crippen MR) is 141 cm³/mol. The topological polar surface area (TPSA) is 62.1 Å². The summed E-state index contributed by atoms with van der Waals surface area (Å²) in [5.41, 5.74) is 1.78. The van der Waals surface area contributed by atoms with Crippen LogP contribution in [0.3, 0.4) is 0 Å². The second-order valence-corrected chi connectivity index (χ2v) is 9.94. The number of ether oxygens (including phenoxy) is 1. The number of hydrogen-bond donors (Lipinski definition) is 1. The summed E-state index contributed by atoms with van der Waals surface area (Å²) in [4.78, 5) is 12.5. The fourth-order valence-corrected chi connectivity index (χ4v) is 4.74. The molecule has 0 unspecified atom stereocenters. The number of hydrogen-bond acceptors (Lipinski definition) is 3. The van der Waals surface area contributed by atoms with Gasteiger partial charge in [0.15, 0.2) is 0 Å². The van der Waals surface area contributed by atoms with E-state index in [-0.39, 0.29) is 12.2 Å². The Balaban J connectivity index is 1.77. The lowest BCUT2D eigenvalue weighted by molar-refractivity contribution is -0.112. The van der Waals surface area contributed by atoms with E-state index in [4.69, 9.17) is 51.1 Å². The zero-order valence-corrected chi connectivity index (χ0v) is 22.6. The van der Waals surface area contributed by atoms with E-state index in [2.05, 4.69) is 37.2 Å². The summed E-state index contributed by atoms with van der Waals surface area (Å²) in [6, 6.07) is 15.3. The van der Waals surface area contributed by atoms with Gasteiger partial charge in [-0.15, -0.1) is 0 Å². The monoisotopic (exact) mass is 646 g/mol. The van der Waals surface area contributed by atoms with Gasteiger partial charge in [-0.1, -0.05) is 52.5 Å². The normalized spacial score (nSPS) is 11.1. The standard InChI is InChI=1S/C23H12Br2Cl4N2O2/c24-16-6-13(5-14(10-30)23(32)31-15-2-4-19(27)21(29)9-15)7-17(25)22(16)33-11-12-1-3-18(26)20(28)8-12/h1-9H,11H2,(H,31,32)/b14-5+. The van der Waals surface area contributed by atoms with Crippen LogP contribution in [0.25, 0.3) is 6.08 Å². The van der Waals surface area contributed by atoms with Crippen molar-refractivity contribution in [3.63, 3.8) is 0 Å². The summed E-state index contributed by atoms with van der Waals surface area (Å²) in [7, 11) is 0. The number of anilines is 1. The highest BCUT2D eigenvalue weighted by atomic mass is 79.9. The molecular formula is C23H12Br2Cl4N2O2. The molecule has 0 aliphatic carbocycles. The minimum atomic E-state index is -0.580. The molecule has 0 atom stereocenters. The minimum absolute atomic E-state index is 0.0932. The van der Waals surface area contributed by atoms with Crippen LogP contribution in [0.5, 0.6) is 5.75 Å². The Bertz CT molecular complexity index is 1280. The molecule has 0 aliphatic heterocycles. The van der Waals surface area contributed by atoms with Crippen LogP contribution in [0.2, 0.25) is 20.1 Å². The Morgan fingerprint density at radius 3 is 2.12 bits per heavy atom. The number of rotatable bonds is 6. The number of nitrogens with one attached hydrogen (secondary N) is 1. The Labute approximate surface area is 227 Å². The van der Waals surface area contributed by atoms with Crippen LogP contribution in [0.4, 0.5) is 5.69 Å². The summed E-state index contributed by atoms with van der Waals surface area (Å²) in [6.07, 6.45) is 1.46. The highest BCUT2D eigenvalue weighted by Crippen LogP contribution is 2.36. The minimum Gasteiger partial charge on any atom is -0.487 e. The Morgan fingerprint density at radius 2 is 1.55 bits per heavy atom. The molecule has 0 aromatic heterocycles. The predicted octanol–water partition coefficient (Wildman–Crippen LogP) is 8.95. The number of nitriles is 1. The molecule has 1 N–H and O–H groups in total. The van der Waals surface area contributed by atoms with Crippen molar-refractivity contribution in [3.8, 4) is 11.8 Å². The molecule has 3 rings (SSSR count). The van der Waals surface area contributed by atoms with E-state index >= 15 is 0 Å². The summed E-state index contributed by atoms with van der Waals surface area (Å²) in [6.45, 7) is 0.263. The number of carbonyl (C=O) groups excluding carboxylic acids is 1. The van der Waals surface area contributed by atoms with Crippen LogP contribution in [-0.4, -0.2) is 5.91 Å². The maximum atomic E-state index is 12.5. The van der Waals surface area contributed by atoms with E-state index in [0.717, 1.165) is 5.56 Å². The first-order chi connectivity index (χ1) is 15.7. The number of halogens is 6. The number of nitrogens with zero attached hydrogens (tertiary/aromatic N) is 1. The first kappa shape index (κ1) is 25.9. The summed E-state index contributed by atoms with van der Waals surface area (Å²) < 4.78 is 7.16. The van der Waals surface area contributed by atoms with Crippen molar-refractivity contribution in [2.75, 3.05) is 5.32 Å². The van der Waals surface area contributed by atoms with Gasteiger partial charge in [0, 0.05) is 5.69 Å². The number of benzene rings is 3. The van der Waals surface area contributed by atoms with Gasteiger partial charge in [-0.3, -0.25) is 4.79 Å². The lowest BCUT2D eigenvalue weighted by Crippen LogP contribution is -2.13. The van der Waals surface area contributed by atoms with E-state index in [9.17, 15) is 10.1 Å². The van der Waals surface area contributed by atoms with Crippen LogP contribution in [0.1, 0.15) is 11.1 Å². The van der Waals surface area contributed by atoms with Crippen molar-refractivity contribution in [2.45, 2.75) is 6.61 Å². The van der Waals surface area contributed by atoms with Gasteiger partial charge < -0.3 is 10.1 Å². The molecule has 0 radical (unpaired) electrons. The summed E-state index contributed by atoms with van der Waals surface area (Å²) >= 11 is 30.8. The molecule has 10 heteroatoms. The molecule has 1 amide bonds. The van der Waals surface area contributed by atoms with Crippen molar-refractivity contribution in [1.29, 1.82) is 5.26 Å². The fraction of sp³-hybridized carbons (Fsp3) is 0.0435. The lowest BCUT2D eigenvalue weighted by atomic mass is 10.1. The third-order valence-corrected chi connectivity index (χ3v) is 6.90. The SMILES string of the molecule is N#C/C(=C\c1cc(Br)c(OCc2ccc(Cl)c(Cl)c2)c(Br)c1)C(=O)Nc1ccc(Cl)c(Cl)c1. The van der Waals surface area contributed by atoms with Crippen molar-refractivity contribution in [2.24, 2.45) is 0 Å². The molecule has 0 saturated heterocycles. The Hall–Kier alpha value is -1.72. The van der Waals surface area contributed by atoms with Crippen molar-refractivity contribution in [3.05, 3.63) is 94.3 Å². The number of carbonyl (C=O) groups is 1. The van der Waals surface area contributed by atoms with Gasteiger partial charge in [0.2, 0.25) is 0 Å². The highest BCUT2D eigenvalue weighted by Gasteiger charge is 2.14. The van der Waals surface area contributed by atoms with Gasteiger partial charge >= 0.3 is 0 Å². The molecule has 168 valence electrons. The molecule has 0 fully saturated rings. The largest absolute Gasteiger partial charge is 0.487 e. The average Bonchev–Trinajstić information content (AvgIpc) is 2.76. The maximum Gasteiger partial charge on any atom is 0.266 e. The first-order valence-corrected chi connectivity index (χ1v) is 12.2. The van der Waals surface area contributed by atoms with Crippen molar-refractivity contribution >= 4 is 95.9 Å². The molecule has 0 heterocycles. The van der Waals surface area contributed by atoms with Gasteiger partial charge in [0.1, 0.15) is 24.0 Å². The maximum absolute atomic E-state index is 12.5. The molecule has 3 aromatic carbocycles. The van der Waals surface area contributed by atoms with E-state index in [1.54, 1.807) is 36.4 Å². The second-order valence-electron chi connectivity index (χ2n) is 6.60. The smallest absolute Gasteiger partial charge is 0.266 e. The molecule has 33 heavy (non-hydrogen) atoms. The van der Waals surface area contributed by atoms with E-state index in [0.29, 0.717) is 46.0 Å². The molecule has 3 aromatic rings. The Kier molecular flexibility index (Phi) is 9.11. The molecule has 0 saturated carbocycles. The van der Waals surface area contributed by atoms with E-state index < -0.39 is 5.91 Å². The van der Waals surface area contributed by atoms with E-state index in [1.807, 2.05) is 12.1 Å². The van der Waals surface area contributed by atoms with E-state index in [1.165, 1.54) is 12.1 Å². The lowest BCUT2D eigenvalue weighted by Gasteiger charge is -2.12. The third-order valence-electron chi connectivity index (χ3n) is 4.24. The molecule has 0 spiro atoms. The van der Waals surface area contributed by atoms with Crippen molar-refractivity contribution < 1.29 is 9.53 Å². The van der Waals surface area contributed by atoms with Crippen LogP contribution < -0.4 is 10.1 Å². The second kappa shape index (κ2) is 11.6. The molecule has 0 aliphatic rings. The van der Waals surface area contributed by atoms with Gasteiger partial charge in [0.25, 0.3) is 5.91 Å². The summed E-state index contributed by atoms with van der Waals surface area (Å²) in [5.74, 6) is -0.0277. The molecular weight excluding hydrogens is 638 g/mol. The average molecular weight is 650 g/mol. The van der Waals surface area contributed by atoms with Gasteiger partial charge in [0.05, 0.1) is 29.0 Å². The quantitative estimate of drug-likeness (QED) is 0.214. The van der Waals surface area contributed by atoms with Crippen LogP contribution in [-0.2, 0) is 11.4 Å². The van der Waals surface area contributed by atoms with Crippen molar-refractivity contribution in [1.82, 2.24) is 0 Å². The van der Waals surface area contributed by atoms with Gasteiger partial charge in [-0.05, 0) is 91.5 Å². The Morgan fingerprint density at radius 1 is 0.939 bits per heavy atom. The zero-order valence-electron chi connectivity index (χ0n) is 16.4. The van der Waals surface area contributed by atoms with Crippen LogP contribution >= 0.6 is 78.3 Å². The fourth-order valence-electron chi connectivity index (χ4n) is 2.67. The number of amides is 1.